The van der Waals surface area contributed by atoms with Gasteiger partial charge in [-0.15, -0.1) is 0 Å². The molecule has 3 N–H and O–H groups in total. The summed E-state index contributed by atoms with van der Waals surface area (Å²) in [5.41, 5.74) is 4.95. The molecule has 6 heteroatoms. The lowest BCUT2D eigenvalue weighted by atomic mass is 9.86. The third-order valence-corrected chi connectivity index (χ3v) is 4.27. The maximum Gasteiger partial charge on any atom is 0.417 e. The van der Waals surface area contributed by atoms with E-state index in [9.17, 15) is 13.2 Å². The smallest absolute Gasteiger partial charge is 0.389 e. The van der Waals surface area contributed by atoms with Gasteiger partial charge in [0.25, 0.3) is 0 Å². The molecule has 0 heterocycles. The molecule has 1 saturated carbocycles. The molecule has 2 unspecified atom stereocenters. The van der Waals surface area contributed by atoms with Gasteiger partial charge in [0.15, 0.2) is 0 Å². The van der Waals surface area contributed by atoms with Crippen molar-refractivity contribution in [2.24, 2.45) is 11.7 Å². The highest BCUT2D eigenvalue weighted by atomic mass is 32.1. The Morgan fingerprint density at radius 2 is 1.95 bits per heavy atom. The van der Waals surface area contributed by atoms with E-state index in [1.54, 1.807) is 6.07 Å². The quantitative estimate of drug-likeness (QED) is 0.815. The number of rotatable bonds is 3. The first kappa shape index (κ1) is 16.1. The van der Waals surface area contributed by atoms with E-state index < -0.39 is 11.7 Å². The maximum absolute atomic E-state index is 13.1. The van der Waals surface area contributed by atoms with E-state index in [2.05, 4.69) is 12.2 Å². The molecule has 1 fully saturated rings. The number of nitrogens with one attached hydrogen (secondary N) is 1. The summed E-state index contributed by atoms with van der Waals surface area (Å²) in [7, 11) is 0. The van der Waals surface area contributed by atoms with Crippen molar-refractivity contribution in [1.29, 1.82) is 0 Å². The number of benzene rings is 1. The van der Waals surface area contributed by atoms with Crippen molar-refractivity contribution < 1.29 is 13.2 Å². The van der Waals surface area contributed by atoms with Crippen LogP contribution in [0.3, 0.4) is 0 Å². The van der Waals surface area contributed by atoms with Gasteiger partial charge in [0, 0.05) is 17.3 Å². The minimum absolute atomic E-state index is 0.125. The Labute approximate surface area is 127 Å². The van der Waals surface area contributed by atoms with Gasteiger partial charge in [-0.25, -0.2) is 0 Å². The predicted molar refractivity (Wildman–Crippen MR) is 82.4 cm³/mol. The molecule has 1 aromatic carbocycles. The molecule has 0 spiro atoms. The molecule has 0 saturated heterocycles. The van der Waals surface area contributed by atoms with Crippen LogP contribution in [0.15, 0.2) is 18.2 Å². The first-order chi connectivity index (χ1) is 9.79. The number of hydrogen-bond donors (Lipinski definition) is 2. The second-order valence-corrected chi connectivity index (χ2v) is 6.07. The number of hydrogen-bond acceptors (Lipinski definition) is 2. The van der Waals surface area contributed by atoms with E-state index in [1.807, 2.05) is 0 Å². The zero-order chi connectivity index (χ0) is 15.6. The fraction of sp³-hybridized carbons (Fsp3) is 0.533. The van der Waals surface area contributed by atoms with Crippen molar-refractivity contribution >= 4 is 22.9 Å². The van der Waals surface area contributed by atoms with Crippen LogP contribution in [-0.2, 0) is 6.18 Å². The summed E-state index contributed by atoms with van der Waals surface area (Å²) >= 11 is 4.70. The Balaban J connectivity index is 2.27. The molecule has 0 aliphatic heterocycles. The SMILES string of the molecule is CC1CCCCC1Nc1ccc(C(N)=S)c(C(F)(F)F)c1. The van der Waals surface area contributed by atoms with Gasteiger partial charge in [-0.05, 0) is 37.0 Å². The van der Waals surface area contributed by atoms with Gasteiger partial charge in [-0.1, -0.05) is 32.0 Å². The van der Waals surface area contributed by atoms with Gasteiger partial charge >= 0.3 is 6.18 Å². The highest BCUT2D eigenvalue weighted by molar-refractivity contribution is 7.80. The van der Waals surface area contributed by atoms with Gasteiger partial charge in [-0.3, -0.25) is 0 Å². The van der Waals surface area contributed by atoms with Crippen LogP contribution in [0, 0.1) is 5.92 Å². The van der Waals surface area contributed by atoms with E-state index in [0.717, 1.165) is 25.3 Å². The number of halogens is 3. The number of nitrogens with two attached hydrogens (primary N) is 1. The minimum Gasteiger partial charge on any atom is -0.389 e. The van der Waals surface area contributed by atoms with Crippen LogP contribution >= 0.6 is 12.2 Å². The molecule has 2 atom stereocenters. The Hall–Kier alpha value is -1.30. The van der Waals surface area contributed by atoms with Gasteiger partial charge in [0.2, 0.25) is 0 Å². The fourth-order valence-electron chi connectivity index (χ4n) is 2.83. The zero-order valence-electron chi connectivity index (χ0n) is 11.8. The normalized spacial score (nSPS) is 22.9. The van der Waals surface area contributed by atoms with E-state index in [1.165, 1.54) is 12.5 Å². The molecule has 2 nitrogen and oxygen atoms in total. The van der Waals surface area contributed by atoms with Crippen LogP contribution in [0.5, 0.6) is 0 Å². The molecule has 0 bridgehead atoms. The average molecular weight is 316 g/mol. The molecule has 1 aromatic rings. The van der Waals surface area contributed by atoms with E-state index in [-0.39, 0.29) is 16.6 Å². The monoisotopic (exact) mass is 316 g/mol. The first-order valence-corrected chi connectivity index (χ1v) is 7.47. The topological polar surface area (TPSA) is 38.0 Å². The van der Waals surface area contributed by atoms with Crippen LogP contribution < -0.4 is 11.1 Å². The Bertz CT molecular complexity index is 528. The lowest BCUT2D eigenvalue weighted by molar-refractivity contribution is -0.137. The summed E-state index contributed by atoms with van der Waals surface area (Å²) in [6.07, 6.45) is -0.0738. The standard InChI is InChI=1S/C15H19F3N2S/c1-9-4-2-3-5-13(9)20-10-6-7-11(14(19)21)12(8-10)15(16,17)18/h6-9,13,20H,2-5H2,1H3,(H2,19,21). The number of thiocarbonyl (C=S) groups is 1. The second-order valence-electron chi connectivity index (χ2n) is 5.63. The molecule has 0 amide bonds. The van der Waals surface area contributed by atoms with Gasteiger partial charge < -0.3 is 11.1 Å². The summed E-state index contributed by atoms with van der Waals surface area (Å²) in [5, 5.41) is 3.23. The number of anilines is 1. The van der Waals surface area contributed by atoms with E-state index >= 15 is 0 Å². The molecular weight excluding hydrogens is 297 g/mol. The third-order valence-electron chi connectivity index (χ3n) is 4.05. The van der Waals surface area contributed by atoms with Crippen LogP contribution in [0.1, 0.15) is 43.7 Å². The van der Waals surface area contributed by atoms with Crippen LogP contribution in [0.2, 0.25) is 0 Å². The molecule has 1 aliphatic carbocycles. The molecule has 1 aliphatic rings. The Morgan fingerprint density at radius 1 is 1.29 bits per heavy atom. The van der Waals surface area contributed by atoms with E-state index in [4.69, 9.17) is 18.0 Å². The van der Waals surface area contributed by atoms with Crippen molar-refractivity contribution in [3.63, 3.8) is 0 Å². The summed E-state index contributed by atoms with van der Waals surface area (Å²) in [5.74, 6) is 0.461. The largest absolute Gasteiger partial charge is 0.417 e. The minimum atomic E-state index is -4.46. The molecular formula is C15H19F3N2S. The van der Waals surface area contributed by atoms with Crippen LogP contribution in [0.4, 0.5) is 18.9 Å². The van der Waals surface area contributed by atoms with Gasteiger partial charge in [-0.2, -0.15) is 13.2 Å². The lowest BCUT2D eigenvalue weighted by Crippen LogP contribution is -2.30. The van der Waals surface area contributed by atoms with Crippen LogP contribution in [-0.4, -0.2) is 11.0 Å². The third kappa shape index (κ3) is 3.87. The lowest BCUT2D eigenvalue weighted by Gasteiger charge is -2.30. The fourth-order valence-corrected chi connectivity index (χ4v) is 3.01. The van der Waals surface area contributed by atoms with Gasteiger partial charge in [0.05, 0.1) is 5.56 Å². The first-order valence-electron chi connectivity index (χ1n) is 7.06. The molecule has 0 aromatic heterocycles. The summed E-state index contributed by atoms with van der Waals surface area (Å²) in [6.45, 7) is 2.13. The zero-order valence-corrected chi connectivity index (χ0v) is 12.7. The Morgan fingerprint density at radius 3 is 2.52 bits per heavy atom. The van der Waals surface area contributed by atoms with Crippen LogP contribution in [0.25, 0.3) is 0 Å². The summed E-state index contributed by atoms with van der Waals surface area (Å²) < 4.78 is 39.3. The van der Waals surface area contributed by atoms with Crippen molar-refractivity contribution in [3.05, 3.63) is 29.3 Å². The van der Waals surface area contributed by atoms with Crippen molar-refractivity contribution in [1.82, 2.24) is 0 Å². The summed E-state index contributed by atoms with van der Waals surface area (Å²) in [6, 6.07) is 4.29. The molecule has 2 rings (SSSR count). The molecule has 21 heavy (non-hydrogen) atoms. The van der Waals surface area contributed by atoms with Crippen molar-refractivity contribution in [3.8, 4) is 0 Å². The number of alkyl halides is 3. The highest BCUT2D eigenvalue weighted by Crippen LogP contribution is 2.35. The summed E-state index contributed by atoms with van der Waals surface area (Å²) in [4.78, 5) is -0.236. The van der Waals surface area contributed by atoms with Crippen molar-refractivity contribution in [2.75, 3.05) is 5.32 Å². The average Bonchev–Trinajstić information content (AvgIpc) is 2.40. The predicted octanol–water partition coefficient (Wildman–Crippen LogP) is 4.33. The molecule has 116 valence electrons. The Kier molecular flexibility index (Phi) is 4.76. The van der Waals surface area contributed by atoms with Crippen molar-refractivity contribution in [2.45, 2.75) is 44.8 Å². The second kappa shape index (κ2) is 6.22. The van der Waals surface area contributed by atoms with Gasteiger partial charge in [0.1, 0.15) is 4.99 Å². The molecule has 0 radical (unpaired) electrons. The van der Waals surface area contributed by atoms with E-state index in [0.29, 0.717) is 11.6 Å². The maximum atomic E-state index is 13.1. The highest BCUT2D eigenvalue weighted by Gasteiger charge is 2.34.